The van der Waals surface area contributed by atoms with Crippen LogP contribution in [0.5, 0.6) is 0 Å². The fraction of sp³-hybridized carbons (Fsp3) is 0.273. The maximum absolute atomic E-state index is 11.4. The third-order valence-corrected chi connectivity index (χ3v) is 4.75. The highest BCUT2D eigenvalue weighted by atomic mass is 35.7. The molecule has 1 heterocycles. The minimum atomic E-state index is -3.72. The number of aromatic nitrogens is 1. The summed E-state index contributed by atoms with van der Waals surface area (Å²) in [4.78, 5) is 3.10. The monoisotopic (exact) mass is 289 g/mol. The molecule has 1 aromatic carbocycles. The Morgan fingerprint density at radius 2 is 2.00 bits per heavy atom. The van der Waals surface area contributed by atoms with Crippen LogP contribution in [0.4, 0.5) is 0 Å². The number of halogens is 2. The number of nitrogens with one attached hydrogen (secondary N) is 1. The van der Waals surface area contributed by atoms with Gasteiger partial charge in [-0.15, -0.1) is 0 Å². The topological polar surface area (TPSA) is 49.9 Å². The normalized spacial score (nSPS) is 16.6. The lowest BCUT2D eigenvalue weighted by Gasteiger charge is -2.04. The van der Waals surface area contributed by atoms with Crippen molar-refractivity contribution in [1.82, 2.24) is 4.98 Å². The van der Waals surface area contributed by atoms with Gasteiger partial charge in [0.15, 0.2) is 0 Å². The lowest BCUT2D eigenvalue weighted by atomic mass is 10.1. The maximum atomic E-state index is 11.4. The number of rotatable bonds is 2. The number of benzene rings is 1. The summed E-state index contributed by atoms with van der Waals surface area (Å²) in [5.41, 5.74) is 1.80. The predicted molar refractivity (Wildman–Crippen MR) is 68.3 cm³/mol. The minimum Gasteiger partial charge on any atom is -0.360 e. The summed E-state index contributed by atoms with van der Waals surface area (Å²) < 4.78 is 22.8. The van der Waals surface area contributed by atoms with E-state index in [9.17, 15) is 8.42 Å². The Kier molecular flexibility index (Phi) is 2.44. The van der Waals surface area contributed by atoms with Gasteiger partial charge in [-0.05, 0) is 36.5 Å². The van der Waals surface area contributed by atoms with Crippen LogP contribution >= 0.6 is 22.3 Å². The quantitative estimate of drug-likeness (QED) is 0.859. The number of H-pyrrole nitrogens is 1. The molecule has 90 valence electrons. The average molecular weight is 290 g/mol. The summed E-state index contributed by atoms with van der Waals surface area (Å²) in [6.45, 7) is 0. The maximum Gasteiger partial charge on any atom is 0.263 e. The molecule has 0 saturated heterocycles. The van der Waals surface area contributed by atoms with E-state index < -0.39 is 9.05 Å². The van der Waals surface area contributed by atoms with Crippen LogP contribution in [0.15, 0.2) is 23.2 Å². The molecular weight excluding hydrogens is 281 g/mol. The summed E-state index contributed by atoms with van der Waals surface area (Å²) in [7, 11) is 1.66. The fourth-order valence-corrected chi connectivity index (χ4v) is 3.47. The molecule has 1 fully saturated rings. The predicted octanol–water partition coefficient (Wildman–Crippen LogP) is 3.63. The van der Waals surface area contributed by atoms with Crippen LogP contribution in [0, 0.1) is 0 Å². The lowest BCUT2D eigenvalue weighted by molar-refractivity contribution is 0.610. The van der Waals surface area contributed by atoms with E-state index in [-0.39, 0.29) is 4.90 Å². The molecule has 1 aliphatic rings. The molecule has 3 nitrogen and oxygen atoms in total. The SMILES string of the molecule is O=S(=O)(Cl)c1c[nH]c2c(C3CC3)c(Cl)ccc12. The van der Waals surface area contributed by atoms with Crippen LogP contribution in [0.2, 0.25) is 5.02 Å². The van der Waals surface area contributed by atoms with E-state index in [0.29, 0.717) is 16.3 Å². The van der Waals surface area contributed by atoms with Gasteiger partial charge in [-0.25, -0.2) is 8.42 Å². The molecule has 0 bridgehead atoms. The summed E-state index contributed by atoms with van der Waals surface area (Å²) in [6.07, 6.45) is 3.62. The van der Waals surface area contributed by atoms with E-state index in [2.05, 4.69) is 4.98 Å². The molecular formula is C11H9Cl2NO2S. The van der Waals surface area contributed by atoms with Crippen molar-refractivity contribution < 1.29 is 8.42 Å². The Balaban J connectivity index is 2.36. The van der Waals surface area contributed by atoms with E-state index in [4.69, 9.17) is 22.3 Å². The molecule has 0 radical (unpaired) electrons. The van der Waals surface area contributed by atoms with Gasteiger partial charge in [0.25, 0.3) is 9.05 Å². The van der Waals surface area contributed by atoms with E-state index in [1.165, 1.54) is 6.20 Å². The first-order chi connectivity index (χ1) is 7.98. The van der Waals surface area contributed by atoms with Gasteiger partial charge < -0.3 is 4.98 Å². The van der Waals surface area contributed by atoms with Crippen LogP contribution in [0.1, 0.15) is 24.3 Å². The van der Waals surface area contributed by atoms with E-state index in [1.807, 2.05) is 0 Å². The first kappa shape index (κ1) is 11.4. The molecule has 0 unspecified atom stereocenters. The van der Waals surface area contributed by atoms with Gasteiger partial charge >= 0.3 is 0 Å². The largest absolute Gasteiger partial charge is 0.360 e. The molecule has 1 aliphatic carbocycles. The van der Waals surface area contributed by atoms with Gasteiger partial charge in [0.05, 0.1) is 5.52 Å². The first-order valence-corrected chi connectivity index (χ1v) is 7.91. The van der Waals surface area contributed by atoms with Crippen LogP contribution in [0.25, 0.3) is 10.9 Å². The Morgan fingerprint density at radius 3 is 2.59 bits per heavy atom. The number of hydrogen-bond donors (Lipinski definition) is 1. The summed E-state index contributed by atoms with van der Waals surface area (Å²) in [5, 5.41) is 1.30. The van der Waals surface area contributed by atoms with Crippen LogP contribution in [0.3, 0.4) is 0 Å². The highest BCUT2D eigenvalue weighted by Gasteiger charge is 2.29. The van der Waals surface area contributed by atoms with Crippen molar-refractivity contribution in [2.45, 2.75) is 23.7 Å². The van der Waals surface area contributed by atoms with Crippen molar-refractivity contribution in [3.05, 3.63) is 28.9 Å². The standard InChI is InChI=1S/C11H9Cl2NO2S/c12-8-4-3-7-9(17(13,15)16)5-14-11(7)10(8)6-1-2-6/h3-6,14H,1-2H2. The van der Waals surface area contributed by atoms with Gasteiger partial charge in [-0.1, -0.05) is 11.6 Å². The highest BCUT2D eigenvalue weighted by Crippen LogP contribution is 2.46. The van der Waals surface area contributed by atoms with Gasteiger partial charge in [-0.2, -0.15) is 0 Å². The molecule has 0 aliphatic heterocycles. The molecule has 2 aromatic rings. The molecule has 0 atom stereocenters. The van der Waals surface area contributed by atoms with Gasteiger partial charge in [0.2, 0.25) is 0 Å². The molecule has 1 aromatic heterocycles. The van der Waals surface area contributed by atoms with Crippen molar-refractivity contribution >= 4 is 42.2 Å². The number of hydrogen-bond acceptors (Lipinski definition) is 2. The third kappa shape index (κ3) is 1.84. The van der Waals surface area contributed by atoms with Crippen molar-refractivity contribution in [3.63, 3.8) is 0 Å². The van der Waals surface area contributed by atoms with E-state index in [1.54, 1.807) is 12.1 Å². The molecule has 1 N–H and O–H groups in total. The molecule has 3 rings (SSSR count). The Morgan fingerprint density at radius 1 is 1.29 bits per heavy atom. The van der Waals surface area contributed by atoms with Gasteiger partial charge in [0, 0.05) is 27.3 Å². The Bertz CT molecular complexity index is 702. The highest BCUT2D eigenvalue weighted by molar-refractivity contribution is 8.14. The van der Waals surface area contributed by atoms with E-state index >= 15 is 0 Å². The fourth-order valence-electron chi connectivity index (χ4n) is 2.14. The summed E-state index contributed by atoms with van der Waals surface area (Å²) >= 11 is 6.16. The van der Waals surface area contributed by atoms with Crippen molar-refractivity contribution in [1.29, 1.82) is 0 Å². The van der Waals surface area contributed by atoms with Crippen LogP contribution in [-0.2, 0) is 9.05 Å². The van der Waals surface area contributed by atoms with Crippen molar-refractivity contribution in [2.75, 3.05) is 0 Å². The van der Waals surface area contributed by atoms with Crippen molar-refractivity contribution in [2.24, 2.45) is 0 Å². The molecule has 17 heavy (non-hydrogen) atoms. The van der Waals surface area contributed by atoms with Crippen LogP contribution < -0.4 is 0 Å². The zero-order valence-electron chi connectivity index (χ0n) is 8.70. The van der Waals surface area contributed by atoms with Crippen molar-refractivity contribution in [3.8, 4) is 0 Å². The smallest absolute Gasteiger partial charge is 0.263 e. The second-order valence-electron chi connectivity index (χ2n) is 4.25. The van der Waals surface area contributed by atoms with Crippen LogP contribution in [-0.4, -0.2) is 13.4 Å². The Hall–Kier alpha value is -0.710. The molecule has 1 saturated carbocycles. The second kappa shape index (κ2) is 3.64. The minimum absolute atomic E-state index is 0.118. The molecule has 0 amide bonds. The first-order valence-electron chi connectivity index (χ1n) is 5.22. The zero-order chi connectivity index (χ0) is 12.2. The lowest BCUT2D eigenvalue weighted by Crippen LogP contribution is -1.89. The second-order valence-corrected chi connectivity index (χ2v) is 7.19. The van der Waals surface area contributed by atoms with Gasteiger partial charge in [0.1, 0.15) is 4.90 Å². The summed E-state index contributed by atoms with van der Waals surface area (Å²) in [6, 6.07) is 3.42. The third-order valence-electron chi connectivity index (χ3n) is 3.05. The molecule has 0 spiro atoms. The van der Waals surface area contributed by atoms with Gasteiger partial charge in [-0.3, -0.25) is 0 Å². The van der Waals surface area contributed by atoms with E-state index in [0.717, 1.165) is 23.9 Å². The molecule has 6 heteroatoms. The Labute approximate surface area is 108 Å². The number of aromatic amines is 1. The average Bonchev–Trinajstić information content (AvgIpc) is 2.94. The number of fused-ring (bicyclic) bond motifs is 1. The zero-order valence-corrected chi connectivity index (χ0v) is 11.0. The summed E-state index contributed by atoms with van der Waals surface area (Å²) in [5.74, 6) is 0.440.